The number of hydrogen-bond donors (Lipinski definition) is 2. The third kappa shape index (κ3) is 5.15. The van der Waals surface area contributed by atoms with E-state index in [4.69, 9.17) is 5.11 Å². The number of hydrogen-bond acceptors (Lipinski definition) is 5. The largest absolute Gasteiger partial charge is 0.481 e. The third-order valence-electron chi connectivity index (χ3n) is 3.12. The molecule has 122 valence electrons. The number of imidazole rings is 1. The van der Waals surface area contributed by atoms with Crippen molar-refractivity contribution >= 4 is 17.7 Å². The van der Waals surface area contributed by atoms with Crippen LogP contribution in [0.25, 0.3) is 0 Å². The maximum absolute atomic E-state index is 11.8. The Kier molecular flexibility index (Phi) is 6.02. The number of aryl methyl sites for hydroxylation is 1. The van der Waals surface area contributed by atoms with Gasteiger partial charge < -0.3 is 20.5 Å². The average molecular weight is 312 g/mol. The minimum absolute atomic E-state index is 0.0299. The zero-order chi connectivity index (χ0) is 16.9. The van der Waals surface area contributed by atoms with Gasteiger partial charge in [0.25, 0.3) is 0 Å². The van der Waals surface area contributed by atoms with Gasteiger partial charge in [0.05, 0.1) is 5.92 Å². The number of rotatable bonds is 8. The van der Waals surface area contributed by atoms with Gasteiger partial charge in [-0.3, -0.25) is 14.2 Å². The van der Waals surface area contributed by atoms with Crippen LogP contribution in [0.1, 0.15) is 26.1 Å². The quantitative estimate of drug-likeness (QED) is 0.543. The third-order valence-corrected chi connectivity index (χ3v) is 3.12. The van der Waals surface area contributed by atoms with Crippen LogP contribution >= 0.6 is 0 Å². The van der Waals surface area contributed by atoms with Crippen LogP contribution in [0.5, 0.6) is 0 Å². The average Bonchev–Trinajstić information content (AvgIpc) is 2.75. The van der Waals surface area contributed by atoms with Crippen LogP contribution in [-0.4, -0.2) is 38.0 Å². The Morgan fingerprint density at radius 1 is 1.50 bits per heavy atom. The zero-order valence-corrected chi connectivity index (χ0v) is 12.8. The van der Waals surface area contributed by atoms with Gasteiger partial charge in [-0.15, -0.1) is 0 Å². The van der Waals surface area contributed by atoms with Crippen LogP contribution in [0, 0.1) is 28.9 Å². The highest BCUT2D eigenvalue weighted by Crippen LogP contribution is 2.12. The normalized spacial score (nSPS) is 12.2. The molecular weight excluding hydrogens is 292 g/mol. The summed E-state index contributed by atoms with van der Waals surface area (Å²) in [6.07, 6.45) is 1.64. The van der Waals surface area contributed by atoms with Crippen molar-refractivity contribution in [1.29, 1.82) is 0 Å². The summed E-state index contributed by atoms with van der Waals surface area (Å²) in [7, 11) is 0. The maximum atomic E-state index is 11.8. The molecule has 0 aliphatic heterocycles. The molecule has 0 spiro atoms. The van der Waals surface area contributed by atoms with Gasteiger partial charge in [0.15, 0.2) is 0 Å². The maximum Gasteiger partial charge on any atom is 0.381 e. The fraction of sp³-hybridized carbons (Fsp3) is 0.615. The zero-order valence-electron chi connectivity index (χ0n) is 12.8. The summed E-state index contributed by atoms with van der Waals surface area (Å²) in [6, 6.07) is 0. The lowest BCUT2D eigenvalue weighted by Gasteiger charge is -2.15. The second-order valence-corrected chi connectivity index (χ2v) is 5.50. The van der Waals surface area contributed by atoms with Gasteiger partial charge in [0.1, 0.15) is 12.7 Å². The first kappa shape index (κ1) is 17.6. The molecule has 0 bridgehead atoms. The van der Waals surface area contributed by atoms with Gasteiger partial charge in [-0.05, 0) is 22.2 Å². The fourth-order valence-electron chi connectivity index (χ4n) is 2.03. The van der Waals surface area contributed by atoms with Crippen molar-refractivity contribution in [2.45, 2.75) is 33.7 Å². The lowest BCUT2D eigenvalue weighted by Crippen LogP contribution is -2.35. The molecule has 0 aliphatic carbocycles. The molecule has 1 aromatic rings. The summed E-state index contributed by atoms with van der Waals surface area (Å²) in [4.78, 5) is 36.6. The number of carboxylic acid groups (broad SMARTS) is 1. The van der Waals surface area contributed by atoms with E-state index in [1.165, 1.54) is 10.8 Å². The van der Waals surface area contributed by atoms with Crippen LogP contribution in [0.4, 0.5) is 5.82 Å². The van der Waals surface area contributed by atoms with Gasteiger partial charge in [0.2, 0.25) is 11.7 Å². The molecule has 0 radical (unpaired) electrons. The van der Waals surface area contributed by atoms with Crippen LogP contribution in [0.15, 0.2) is 6.20 Å². The van der Waals surface area contributed by atoms with E-state index in [1.54, 1.807) is 6.92 Å². The molecule has 1 aromatic heterocycles. The Labute approximate surface area is 127 Å². The number of nitrogens with zero attached hydrogens (tertiary/aromatic N) is 3. The van der Waals surface area contributed by atoms with Crippen LogP contribution < -0.4 is 5.32 Å². The molecule has 1 amide bonds. The molecule has 0 aliphatic rings. The summed E-state index contributed by atoms with van der Waals surface area (Å²) in [6.45, 7) is 5.26. The summed E-state index contributed by atoms with van der Waals surface area (Å²) >= 11 is 0. The van der Waals surface area contributed by atoms with E-state index >= 15 is 0 Å². The number of aromatic nitrogens is 2. The highest BCUT2D eigenvalue weighted by atomic mass is 16.6. The molecule has 0 saturated carbocycles. The first-order valence-corrected chi connectivity index (χ1v) is 6.88. The van der Waals surface area contributed by atoms with E-state index in [-0.39, 0.29) is 24.8 Å². The molecule has 22 heavy (non-hydrogen) atoms. The molecule has 1 atom stereocenters. The lowest BCUT2D eigenvalue weighted by atomic mass is 9.97. The smallest absolute Gasteiger partial charge is 0.381 e. The predicted octanol–water partition coefficient (Wildman–Crippen LogP) is 0.963. The Bertz CT molecular complexity index is 567. The van der Waals surface area contributed by atoms with Gasteiger partial charge in [0, 0.05) is 13.5 Å². The molecule has 1 rings (SSSR count). The Balaban J connectivity index is 2.59. The highest BCUT2D eigenvalue weighted by molar-refractivity contribution is 5.77. The fourth-order valence-corrected chi connectivity index (χ4v) is 2.03. The highest BCUT2D eigenvalue weighted by Gasteiger charge is 2.21. The van der Waals surface area contributed by atoms with Crippen molar-refractivity contribution < 1.29 is 19.6 Å². The van der Waals surface area contributed by atoms with E-state index in [2.05, 4.69) is 10.3 Å². The standard InChI is InChI=1S/C13H20N4O5/c1-8(2)4-10(13(19)20)5-14-12(18)7-16-6-11(17(21)22)15-9(16)3/h6,8,10H,4-5,7H2,1-3H3,(H,14,18)(H,19,20). The molecule has 9 nitrogen and oxygen atoms in total. The topological polar surface area (TPSA) is 127 Å². The second-order valence-electron chi connectivity index (χ2n) is 5.50. The minimum atomic E-state index is -0.955. The van der Waals surface area contributed by atoms with Crippen LogP contribution in [-0.2, 0) is 16.1 Å². The summed E-state index contributed by atoms with van der Waals surface area (Å²) in [5.41, 5.74) is 0. The van der Waals surface area contributed by atoms with E-state index in [1.807, 2.05) is 13.8 Å². The van der Waals surface area contributed by atoms with E-state index < -0.39 is 22.7 Å². The number of carbonyl (C=O) groups is 2. The first-order chi connectivity index (χ1) is 10.2. The second kappa shape index (κ2) is 7.53. The number of nitro groups is 1. The van der Waals surface area contributed by atoms with Crippen LogP contribution in [0.2, 0.25) is 0 Å². The van der Waals surface area contributed by atoms with Gasteiger partial charge in [-0.2, -0.15) is 0 Å². The summed E-state index contributed by atoms with van der Waals surface area (Å²) in [5.74, 6) is -1.79. The molecule has 0 aromatic carbocycles. The van der Waals surface area contributed by atoms with Crippen molar-refractivity contribution in [3.05, 3.63) is 22.1 Å². The van der Waals surface area contributed by atoms with E-state index in [9.17, 15) is 19.7 Å². The number of carbonyl (C=O) groups excluding carboxylic acids is 1. The van der Waals surface area contributed by atoms with Crippen molar-refractivity contribution in [2.24, 2.45) is 11.8 Å². The molecule has 1 heterocycles. The number of amides is 1. The van der Waals surface area contributed by atoms with E-state index in [0.717, 1.165) is 0 Å². The first-order valence-electron chi connectivity index (χ1n) is 6.88. The molecule has 9 heteroatoms. The Hall–Kier alpha value is -2.45. The molecule has 2 N–H and O–H groups in total. The van der Waals surface area contributed by atoms with Crippen LogP contribution in [0.3, 0.4) is 0 Å². The van der Waals surface area contributed by atoms with E-state index in [0.29, 0.717) is 12.2 Å². The van der Waals surface area contributed by atoms with Gasteiger partial charge in [-0.25, -0.2) is 0 Å². The van der Waals surface area contributed by atoms with Gasteiger partial charge in [-0.1, -0.05) is 13.8 Å². The number of carboxylic acids is 1. The monoisotopic (exact) mass is 312 g/mol. The summed E-state index contributed by atoms with van der Waals surface area (Å²) in [5, 5.41) is 22.2. The minimum Gasteiger partial charge on any atom is -0.481 e. The predicted molar refractivity (Wildman–Crippen MR) is 77.2 cm³/mol. The SMILES string of the molecule is Cc1nc([N+](=O)[O-])cn1CC(=O)NCC(CC(C)C)C(=O)O. The molecule has 0 fully saturated rings. The van der Waals surface area contributed by atoms with Crippen molar-refractivity contribution in [3.63, 3.8) is 0 Å². The van der Waals surface area contributed by atoms with Gasteiger partial charge >= 0.3 is 11.8 Å². The molecule has 0 saturated heterocycles. The number of aliphatic carboxylic acids is 1. The summed E-state index contributed by atoms with van der Waals surface area (Å²) < 4.78 is 1.35. The Morgan fingerprint density at radius 3 is 2.59 bits per heavy atom. The number of nitrogens with one attached hydrogen (secondary N) is 1. The molecule has 1 unspecified atom stereocenters. The Morgan fingerprint density at radius 2 is 2.14 bits per heavy atom. The molecular formula is C13H20N4O5. The lowest BCUT2D eigenvalue weighted by molar-refractivity contribution is -0.389. The van der Waals surface area contributed by atoms with Crippen molar-refractivity contribution in [2.75, 3.05) is 6.54 Å². The van der Waals surface area contributed by atoms with Crippen molar-refractivity contribution in [3.8, 4) is 0 Å². The van der Waals surface area contributed by atoms with Crippen molar-refractivity contribution in [1.82, 2.24) is 14.9 Å².